The lowest BCUT2D eigenvalue weighted by Gasteiger charge is -2.39. The minimum absolute atomic E-state index is 0.0392. The molecule has 1 fully saturated rings. The van der Waals surface area contributed by atoms with Gasteiger partial charge in [-0.2, -0.15) is 0 Å². The SMILES string of the molecule is CCN1CCN(C(CNC(=O)c2ccccc2)c2ccccc2OC)CC1. The summed E-state index contributed by atoms with van der Waals surface area (Å²) in [4.78, 5) is 17.5. The lowest BCUT2D eigenvalue weighted by atomic mass is 10.0. The molecule has 5 heteroatoms. The maximum atomic E-state index is 12.5. The molecule has 1 amide bonds. The number of para-hydroxylation sites is 1. The van der Waals surface area contributed by atoms with Gasteiger partial charge in [-0.3, -0.25) is 9.69 Å². The van der Waals surface area contributed by atoms with E-state index in [1.165, 1.54) is 0 Å². The summed E-state index contributed by atoms with van der Waals surface area (Å²) in [6.45, 7) is 7.91. The van der Waals surface area contributed by atoms with Crippen molar-refractivity contribution in [1.29, 1.82) is 0 Å². The Labute approximate surface area is 161 Å². The minimum atomic E-state index is -0.0392. The maximum Gasteiger partial charge on any atom is 0.251 e. The summed E-state index contributed by atoms with van der Waals surface area (Å²) in [6, 6.07) is 17.6. The average molecular weight is 367 g/mol. The molecule has 1 aliphatic heterocycles. The summed E-state index contributed by atoms with van der Waals surface area (Å²) in [5.74, 6) is 0.831. The third-order valence-corrected chi connectivity index (χ3v) is 5.28. The molecule has 2 aromatic carbocycles. The van der Waals surface area contributed by atoms with Crippen molar-refractivity contribution in [2.45, 2.75) is 13.0 Å². The molecule has 1 atom stereocenters. The number of benzene rings is 2. The molecule has 0 bridgehead atoms. The van der Waals surface area contributed by atoms with E-state index >= 15 is 0 Å². The van der Waals surface area contributed by atoms with Gasteiger partial charge < -0.3 is 15.0 Å². The second-order valence-electron chi connectivity index (χ2n) is 6.80. The summed E-state index contributed by atoms with van der Waals surface area (Å²) in [5.41, 5.74) is 1.81. The Balaban J connectivity index is 1.76. The molecule has 0 spiro atoms. The van der Waals surface area contributed by atoms with Crippen LogP contribution in [0.2, 0.25) is 0 Å². The number of nitrogens with one attached hydrogen (secondary N) is 1. The van der Waals surface area contributed by atoms with Crippen molar-refractivity contribution in [3.63, 3.8) is 0 Å². The third-order valence-electron chi connectivity index (χ3n) is 5.28. The fourth-order valence-corrected chi connectivity index (χ4v) is 3.65. The van der Waals surface area contributed by atoms with Gasteiger partial charge in [0.25, 0.3) is 5.91 Å². The molecule has 144 valence electrons. The van der Waals surface area contributed by atoms with Gasteiger partial charge in [0, 0.05) is 43.9 Å². The number of hydrogen-bond donors (Lipinski definition) is 1. The number of carbonyl (C=O) groups excluding carboxylic acids is 1. The van der Waals surface area contributed by atoms with Crippen LogP contribution in [0.3, 0.4) is 0 Å². The van der Waals surface area contributed by atoms with Crippen LogP contribution < -0.4 is 10.1 Å². The highest BCUT2D eigenvalue weighted by Gasteiger charge is 2.27. The van der Waals surface area contributed by atoms with Crippen molar-refractivity contribution in [3.8, 4) is 5.75 Å². The van der Waals surface area contributed by atoms with Gasteiger partial charge in [0.1, 0.15) is 5.75 Å². The monoisotopic (exact) mass is 367 g/mol. The molecule has 1 unspecified atom stereocenters. The van der Waals surface area contributed by atoms with Crippen LogP contribution in [0.15, 0.2) is 54.6 Å². The lowest BCUT2D eigenvalue weighted by molar-refractivity contribution is 0.0850. The van der Waals surface area contributed by atoms with Crippen LogP contribution in [0.1, 0.15) is 28.9 Å². The molecule has 0 radical (unpaired) electrons. The van der Waals surface area contributed by atoms with Crippen molar-refractivity contribution < 1.29 is 9.53 Å². The highest BCUT2D eigenvalue weighted by molar-refractivity contribution is 5.94. The van der Waals surface area contributed by atoms with E-state index in [0.29, 0.717) is 12.1 Å². The van der Waals surface area contributed by atoms with Crippen LogP contribution in [0.4, 0.5) is 0 Å². The number of piperazine rings is 1. The molecule has 1 aliphatic rings. The van der Waals surface area contributed by atoms with Crippen LogP contribution in [-0.4, -0.2) is 62.1 Å². The van der Waals surface area contributed by atoms with Crippen molar-refractivity contribution in [2.75, 3.05) is 46.4 Å². The Morgan fingerprint density at radius 2 is 1.70 bits per heavy atom. The van der Waals surface area contributed by atoms with E-state index in [1.807, 2.05) is 48.5 Å². The number of hydrogen-bond acceptors (Lipinski definition) is 4. The molecule has 0 saturated carbocycles. The van der Waals surface area contributed by atoms with Crippen molar-refractivity contribution in [2.24, 2.45) is 0 Å². The highest BCUT2D eigenvalue weighted by atomic mass is 16.5. The fourth-order valence-electron chi connectivity index (χ4n) is 3.65. The number of nitrogens with zero attached hydrogens (tertiary/aromatic N) is 2. The molecule has 0 aromatic heterocycles. The largest absolute Gasteiger partial charge is 0.496 e. The summed E-state index contributed by atoms with van der Waals surface area (Å²) in [7, 11) is 1.70. The average Bonchev–Trinajstić information content (AvgIpc) is 2.75. The quantitative estimate of drug-likeness (QED) is 0.817. The number of ether oxygens (including phenoxy) is 1. The number of carbonyl (C=O) groups is 1. The van der Waals surface area contributed by atoms with Gasteiger partial charge in [0.2, 0.25) is 0 Å². The molecule has 1 heterocycles. The van der Waals surface area contributed by atoms with Crippen molar-refractivity contribution >= 4 is 5.91 Å². The number of likely N-dealkylation sites (N-methyl/N-ethyl adjacent to an activating group) is 1. The van der Waals surface area contributed by atoms with Crippen molar-refractivity contribution in [1.82, 2.24) is 15.1 Å². The molecular formula is C22H29N3O2. The maximum absolute atomic E-state index is 12.5. The number of rotatable bonds is 7. The summed E-state index contributed by atoms with van der Waals surface area (Å²) in [5, 5.41) is 3.12. The van der Waals surface area contributed by atoms with Crippen LogP contribution >= 0.6 is 0 Å². The standard InChI is InChI=1S/C22H29N3O2/c1-3-24-13-15-25(16-14-24)20(19-11-7-8-12-21(19)27-2)17-23-22(26)18-9-5-4-6-10-18/h4-12,20H,3,13-17H2,1-2H3,(H,23,26). The first kappa shape index (κ1) is 19.4. The first-order chi connectivity index (χ1) is 13.2. The number of methoxy groups -OCH3 is 1. The van der Waals surface area contributed by atoms with Crippen LogP contribution in [0.5, 0.6) is 5.75 Å². The van der Waals surface area contributed by atoms with E-state index in [0.717, 1.165) is 44.0 Å². The highest BCUT2D eigenvalue weighted by Crippen LogP contribution is 2.29. The Kier molecular flexibility index (Phi) is 6.85. The van der Waals surface area contributed by atoms with Gasteiger partial charge in [0.15, 0.2) is 0 Å². The van der Waals surface area contributed by atoms with E-state index in [1.54, 1.807) is 7.11 Å². The van der Waals surface area contributed by atoms with E-state index in [-0.39, 0.29) is 11.9 Å². The predicted molar refractivity (Wildman–Crippen MR) is 108 cm³/mol. The van der Waals surface area contributed by atoms with E-state index < -0.39 is 0 Å². The van der Waals surface area contributed by atoms with Gasteiger partial charge in [0.05, 0.1) is 13.2 Å². The number of amides is 1. The smallest absolute Gasteiger partial charge is 0.251 e. The fraction of sp³-hybridized carbons (Fsp3) is 0.409. The summed E-state index contributed by atoms with van der Waals surface area (Å²) >= 11 is 0. The Hall–Kier alpha value is -2.37. The molecule has 1 N–H and O–H groups in total. The van der Waals surface area contributed by atoms with E-state index in [9.17, 15) is 4.79 Å². The van der Waals surface area contributed by atoms with E-state index in [4.69, 9.17) is 4.74 Å². The summed E-state index contributed by atoms with van der Waals surface area (Å²) in [6.07, 6.45) is 0. The first-order valence-electron chi connectivity index (χ1n) is 9.65. The zero-order valence-electron chi connectivity index (χ0n) is 16.2. The normalized spacial score (nSPS) is 16.7. The second-order valence-corrected chi connectivity index (χ2v) is 6.80. The van der Waals surface area contributed by atoms with Gasteiger partial charge in [-0.1, -0.05) is 43.3 Å². The topological polar surface area (TPSA) is 44.8 Å². The minimum Gasteiger partial charge on any atom is -0.496 e. The Morgan fingerprint density at radius 1 is 1.04 bits per heavy atom. The zero-order chi connectivity index (χ0) is 19.1. The Morgan fingerprint density at radius 3 is 2.37 bits per heavy atom. The second kappa shape index (κ2) is 9.53. The first-order valence-corrected chi connectivity index (χ1v) is 9.65. The lowest BCUT2D eigenvalue weighted by Crippen LogP contribution is -2.49. The molecule has 5 nitrogen and oxygen atoms in total. The molecular weight excluding hydrogens is 338 g/mol. The van der Waals surface area contributed by atoms with Crippen LogP contribution in [0, 0.1) is 0 Å². The van der Waals surface area contributed by atoms with Gasteiger partial charge in [-0.05, 0) is 24.7 Å². The van der Waals surface area contributed by atoms with Gasteiger partial charge >= 0.3 is 0 Å². The molecule has 27 heavy (non-hydrogen) atoms. The molecule has 0 aliphatic carbocycles. The molecule has 1 saturated heterocycles. The third kappa shape index (κ3) is 4.87. The van der Waals surface area contributed by atoms with Gasteiger partial charge in [-0.25, -0.2) is 0 Å². The van der Waals surface area contributed by atoms with Crippen LogP contribution in [0.25, 0.3) is 0 Å². The Bertz CT molecular complexity index is 727. The van der Waals surface area contributed by atoms with E-state index in [2.05, 4.69) is 28.1 Å². The van der Waals surface area contributed by atoms with Crippen molar-refractivity contribution in [3.05, 3.63) is 65.7 Å². The predicted octanol–water partition coefficient (Wildman–Crippen LogP) is 2.80. The zero-order valence-corrected chi connectivity index (χ0v) is 16.2. The van der Waals surface area contributed by atoms with Gasteiger partial charge in [-0.15, -0.1) is 0 Å². The molecule has 2 aromatic rings. The molecule has 3 rings (SSSR count). The summed E-state index contributed by atoms with van der Waals surface area (Å²) < 4.78 is 5.60. The van der Waals surface area contributed by atoms with Crippen LogP contribution in [-0.2, 0) is 0 Å².